The van der Waals surface area contributed by atoms with Gasteiger partial charge in [0.2, 0.25) is 5.56 Å². The zero-order valence-electron chi connectivity index (χ0n) is 15.6. The largest absolute Gasteiger partial charge is 0.354 e. The second-order valence-corrected chi connectivity index (χ2v) is 6.43. The van der Waals surface area contributed by atoms with Gasteiger partial charge >= 0.3 is 0 Å². The van der Waals surface area contributed by atoms with Gasteiger partial charge < -0.3 is 14.8 Å². The molecule has 28 heavy (non-hydrogen) atoms. The van der Waals surface area contributed by atoms with Crippen LogP contribution in [-0.2, 0) is 6.54 Å². The third kappa shape index (κ3) is 3.60. The van der Waals surface area contributed by atoms with Gasteiger partial charge in [0.05, 0.1) is 17.6 Å². The van der Waals surface area contributed by atoms with Crippen molar-refractivity contribution in [2.75, 3.05) is 7.05 Å². The molecule has 7 heteroatoms. The number of hydrogen-bond donors (Lipinski definition) is 2. The van der Waals surface area contributed by atoms with E-state index in [4.69, 9.17) is 4.52 Å². The normalized spacial score (nSPS) is 10.9. The second kappa shape index (κ2) is 7.58. The van der Waals surface area contributed by atoms with Crippen molar-refractivity contribution >= 4 is 0 Å². The number of rotatable bonds is 5. The minimum atomic E-state index is -0.162. The maximum atomic E-state index is 11.3. The number of aromatic nitrogens is 4. The van der Waals surface area contributed by atoms with E-state index in [1.54, 1.807) is 18.5 Å². The number of aryl methyl sites for hydroxylation is 1. The summed E-state index contributed by atoms with van der Waals surface area (Å²) in [5, 5.41) is 7.32. The lowest BCUT2D eigenvalue weighted by molar-refractivity contribution is 0.433. The van der Waals surface area contributed by atoms with E-state index < -0.39 is 0 Å². The molecule has 0 saturated heterocycles. The highest BCUT2D eigenvalue weighted by molar-refractivity contribution is 5.68. The number of benzene rings is 1. The fourth-order valence-corrected chi connectivity index (χ4v) is 2.91. The lowest BCUT2D eigenvalue weighted by Crippen LogP contribution is -2.04. The molecule has 0 aliphatic heterocycles. The van der Waals surface area contributed by atoms with Gasteiger partial charge in [0.1, 0.15) is 11.4 Å². The molecular formula is C21H19N5O2. The Morgan fingerprint density at radius 1 is 1.07 bits per heavy atom. The van der Waals surface area contributed by atoms with Crippen molar-refractivity contribution in [1.29, 1.82) is 0 Å². The predicted molar refractivity (Wildman–Crippen MR) is 107 cm³/mol. The van der Waals surface area contributed by atoms with Crippen molar-refractivity contribution in [3.05, 3.63) is 76.5 Å². The lowest BCUT2D eigenvalue weighted by atomic mass is 10.1. The van der Waals surface area contributed by atoms with Crippen LogP contribution in [0.5, 0.6) is 0 Å². The molecule has 0 unspecified atom stereocenters. The first-order valence-corrected chi connectivity index (χ1v) is 8.88. The molecule has 0 fully saturated rings. The maximum Gasteiger partial charge on any atom is 0.247 e. The van der Waals surface area contributed by atoms with Crippen molar-refractivity contribution < 1.29 is 4.52 Å². The Labute approximate surface area is 161 Å². The monoisotopic (exact) mass is 373 g/mol. The predicted octanol–water partition coefficient (Wildman–Crippen LogP) is 3.18. The van der Waals surface area contributed by atoms with Gasteiger partial charge in [0.25, 0.3) is 0 Å². The maximum absolute atomic E-state index is 11.3. The first-order chi connectivity index (χ1) is 13.6. The molecular weight excluding hydrogens is 354 g/mol. The molecule has 2 N–H and O–H groups in total. The number of aromatic amines is 1. The SMILES string of the molecule is CNCc1ccc(-c2cc(-c3nc(-c4ccc(=O)[nH]c4)cnc3C)on2)cc1. The molecule has 0 bridgehead atoms. The molecule has 7 nitrogen and oxygen atoms in total. The van der Waals surface area contributed by atoms with Crippen LogP contribution in [0.15, 0.2) is 64.2 Å². The Morgan fingerprint density at radius 3 is 2.57 bits per heavy atom. The van der Waals surface area contributed by atoms with Crippen LogP contribution in [-0.4, -0.2) is 27.2 Å². The Hall–Kier alpha value is -3.58. The zero-order valence-corrected chi connectivity index (χ0v) is 15.6. The fraction of sp³-hybridized carbons (Fsp3) is 0.143. The van der Waals surface area contributed by atoms with Crippen LogP contribution in [0.4, 0.5) is 0 Å². The first kappa shape index (κ1) is 17.8. The van der Waals surface area contributed by atoms with Crippen molar-refractivity contribution in [2.45, 2.75) is 13.5 Å². The molecule has 4 aromatic rings. The van der Waals surface area contributed by atoms with E-state index in [1.165, 1.54) is 11.6 Å². The molecule has 0 aliphatic rings. The lowest BCUT2D eigenvalue weighted by Gasteiger charge is -2.04. The van der Waals surface area contributed by atoms with Crippen molar-refractivity contribution in [2.24, 2.45) is 0 Å². The molecule has 3 aromatic heterocycles. The average molecular weight is 373 g/mol. The number of hydrogen-bond acceptors (Lipinski definition) is 6. The Bertz CT molecular complexity index is 1140. The average Bonchev–Trinajstić information content (AvgIpc) is 3.20. The minimum absolute atomic E-state index is 0.162. The summed E-state index contributed by atoms with van der Waals surface area (Å²) < 4.78 is 5.55. The first-order valence-electron chi connectivity index (χ1n) is 8.88. The molecule has 0 saturated carbocycles. The fourth-order valence-electron chi connectivity index (χ4n) is 2.91. The van der Waals surface area contributed by atoms with Crippen LogP contribution in [0, 0.1) is 6.92 Å². The smallest absolute Gasteiger partial charge is 0.247 e. The van der Waals surface area contributed by atoms with Crippen molar-refractivity contribution in [1.82, 2.24) is 25.4 Å². The van der Waals surface area contributed by atoms with Crippen LogP contribution in [0.25, 0.3) is 34.0 Å². The van der Waals surface area contributed by atoms with E-state index in [1.807, 2.05) is 32.2 Å². The third-order valence-electron chi connectivity index (χ3n) is 4.41. The highest BCUT2D eigenvalue weighted by Gasteiger charge is 2.14. The van der Waals surface area contributed by atoms with Crippen LogP contribution in [0.1, 0.15) is 11.3 Å². The second-order valence-electron chi connectivity index (χ2n) is 6.43. The molecule has 0 amide bonds. The summed E-state index contributed by atoms with van der Waals surface area (Å²) in [6.45, 7) is 2.68. The van der Waals surface area contributed by atoms with Crippen molar-refractivity contribution in [3.63, 3.8) is 0 Å². The van der Waals surface area contributed by atoms with Gasteiger partial charge in [-0.1, -0.05) is 29.4 Å². The third-order valence-corrected chi connectivity index (χ3v) is 4.41. The summed E-state index contributed by atoms with van der Waals surface area (Å²) in [5.41, 5.74) is 5.52. The summed E-state index contributed by atoms with van der Waals surface area (Å²) in [6.07, 6.45) is 3.29. The summed E-state index contributed by atoms with van der Waals surface area (Å²) in [4.78, 5) is 23.0. The number of H-pyrrole nitrogens is 1. The van der Waals surface area contributed by atoms with Gasteiger partial charge in [-0.3, -0.25) is 9.78 Å². The summed E-state index contributed by atoms with van der Waals surface area (Å²) in [7, 11) is 1.92. The highest BCUT2D eigenvalue weighted by atomic mass is 16.5. The van der Waals surface area contributed by atoms with E-state index in [0.717, 1.165) is 29.1 Å². The van der Waals surface area contributed by atoms with Gasteiger partial charge in [-0.05, 0) is 25.6 Å². The minimum Gasteiger partial charge on any atom is -0.354 e. The molecule has 0 atom stereocenters. The standard InChI is InChI=1S/C21H19N5O2/c1-13-21(25-18(12-23-13)16-7-8-20(27)24-11-16)19-9-17(26-28-19)15-5-3-14(4-6-15)10-22-2/h3-9,11-12,22H,10H2,1-2H3,(H,24,27). The number of nitrogens with one attached hydrogen (secondary N) is 2. The topological polar surface area (TPSA) is 96.7 Å². The number of pyridine rings is 1. The Morgan fingerprint density at radius 2 is 1.86 bits per heavy atom. The molecule has 140 valence electrons. The summed E-state index contributed by atoms with van der Waals surface area (Å²) in [6, 6.07) is 13.2. The molecule has 0 aliphatic carbocycles. The van der Waals surface area contributed by atoms with Gasteiger partial charge in [-0.2, -0.15) is 0 Å². The van der Waals surface area contributed by atoms with Crippen LogP contribution in [0.3, 0.4) is 0 Å². The summed E-state index contributed by atoms with van der Waals surface area (Å²) in [5.74, 6) is 0.547. The molecule has 0 spiro atoms. The summed E-state index contributed by atoms with van der Waals surface area (Å²) >= 11 is 0. The number of nitrogens with zero attached hydrogens (tertiary/aromatic N) is 3. The molecule has 3 heterocycles. The molecule has 4 rings (SSSR count). The van der Waals surface area contributed by atoms with Crippen LogP contribution >= 0.6 is 0 Å². The molecule has 0 radical (unpaired) electrons. The van der Waals surface area contributed by atoms with Gasteiger partial charge in [-0.25, -0.2) is 4.98 Å². The van der Waals surface area contributed by atoms with Crippen LogP contribution in [0.2, 0.25) is 0 Å². The van der Waals surface area contributed by atoms with E-state index >= 15 is 0 Å². The van der Waals surface area contributed by atoms with Crippen molar-refractivity contribution in [3.8, 4) is 34.0 Å². The zero-order chi connectivity index (χ0) is 19.5. The van der Waals surface area contributed by atoms with E-state index in [9.17, 15) is 4.79 Å². The van der Waals surface area contributed by atoms with Gasteiger partial charge in [0.15, 0.2) is 5.76 Å². The van der Waals surface area contributed by atoms with E-state index in [0.29, 0.717) is 17.1 Å². The quantitative estimate of drug-likeness (QED) is 0.558. The van der Waals surface area contributed by atoms with E-state index in [-0.39, 0.29) is 5.56 Å². The van der Waals surface area contributed by atoms with Gasteiger partial charge in [0, 0.05) is 36.0 Å². The Balaban J connectivity index is 1.67. The Kier molecular flexibility index (Phi) is 4.82. The highest BCUT2D eigenvalue weighted by Crippen LogP contribution is 2.28. The molecule has 1 aromatic carbocycles. The van der Waals surface area contributed by atoms with Gasteiger partial charge in [-0.15, -0.1) is 0 Å². The van der Waals surface area contributed by atoms with E-state index in [2.05, 4.69) is 37.6 Å². The van der Waals surface area contributed by atoms with Crippen LogP contribution < -0.4 is 10.9 Å².